The number of carboxylic acids is 1. The second kappa shape index (κ2) is 10.4. The minimum atomic E-state index is -1.23. The first-order valence-corrected chi connectivity index (χ1v) is 7.58. The molecule has 0 fully saturated rings. The molecule has 1 aromatic carbocycles. The van der Waals surface area contributed by atoms with Gasteiger partial charge in [0.25, 0.3) is 0 Å². The number of nitrogens with zero attached hydrogens (tertiary/aromatic N) is 1. The average molecular weight is 335 g/mol. The highest BCUT2D eigenvalue weighted by Crippen LogP contribution is 2.16. The van der Waals surface area contributed by atoms with Crippen molar-refractivity contribution in [3.63, 3.8) is 0 Å². The van der Waals surface area contributed by atoms with Crippen molar-refractivity contribution >= 4 is 17.7 Å². The summed E-state index contributed by atoms with van der Waals surface area (Å²) in [5.41, 5.74) is 5.91. The van der Waals surface area contributed by atoms with E-state index in [2.05, 4.69) is 5.43 Å². The summed E-state index contributed by atoms with van der Waals surface area (Å²) < 4.78 is 0. The van der Waals surface area contributed by atoms with Gasteiger partial charge in [-0.05, 0) is 37.1 Å². The summed E-state index contributed by atoms with van der Waals surface area (Å²) in [5, 5.41) is 17.5. The van der Waals surface area contributed by atoms with Gasteiger partial charge in [0, 0.05) is 0 Å². The number of hydrogen-bond donors (Lipinski definition) is 3. The van der Waals surface area contributed by atoms with Crippen LogP contribution in [0.15, 0.2) is 77.4 Å². The van der Waals surface area contributed by atoms with E-state index in [1.165, 1.54) is 6.08 Å². The summed E-state index contributed by atoms with van der Waals surface area (Å²) in [6.07, 6.45) is 12.6. The molecule has 0 saturated carbocycles. The van der Waals surface area contributed by atoms with E-state index in [4.69, 9.17) is 16.2 Å². The molecule has 0 heterocycles. The lowest BCUT2D eigenvalue weighted by atomic mass is 10.1. The van der Waals surface area contributed by atoms with Crippen LogP contribution in [-0.2, 0) is 4.79 Å². The number of allylic oxidation sites excluding steroid dienone is 8. The van der Waals surface area contributed by atoms with Crippen LogP contribution in [0.2, 0.25) is 0 Å². The van der Waals surface area contributed by atoms with E-state index < -0.39 is 5.97 Å². The summed E-state index contributed by atoms with van der Waals surface area (Å²) >= 11 is 0. The number of nitrogens with two attached hydrogens (primary N) is 1. The zero-order valence-electron chi connectivity index (χ0n) is 14.2. The van der Waals surface area contributed by atoms with Crippen LogP contribution in [-0.4, -0.2) is 11.1 Å². The van der Waals surface area contributed by atoms with Crippen LogP contribution in [0.25, 0.3) is 6.08 Å². The lowest BCUT2D eigenvalue weighted by Crippen LogP contribution is -2.07. The van der Waals surface area contributed by atoms with Crippen LogP contribution >= 0.6 is 0 Å². The van der Waals surface area contributed by atoms with Crippen molar-refractivity contribution in [1.29, 1.82) is 5.26 Å². The number of nitrogens with one attached hydrogen (secondary N) is 1. The van der Waals surface area contributed by atoms with E-state index in [1.807, 2.05) is 55.5 Å². The predicted molar refractivity (Wildman–Crippen MR) is 101 cm³/mol. The topological polar surface area (TPSA) is 99.1 Å². The van der Waals surface area contributed by atoms with E-state index >= 15 is 0 Å². The fourth-order valence-corrected chi connectivity index (χ4v) is 1.88. The maximum Gasteiger partial charge on any atom is 0.346 e. The molecule has 1 aromatic rings. The molecule has 0 aliphatic heterocycles. The number of nitrogen functional groups attached to an aromatic ring is 1. The smallest absolute Gasteiger partial charge is 0.346 e. The summed E-state index contributed by atoms with van der Waals surface area (Å²) in [6, 6.07) is 9.34. The molecule has 5 nitrogen and oxygen atoms in total. The van der Waals surface area contributed by atoms with Gasteiger partial charge in [0.05, 0.1) is 5.69 Å². The van der Waals surface area contributed by atoms with Crippen LogP contribution in [0.4, 0.5) is 5.69 Å². The highest BCUT2D eigenvalue weighted by molar-refractivity contribution is 5.91. The average Bonchev–Trinajstić information content (AvgIpc) is 2.61. The van der Waals surface area contributed by atoms with E-state index in [0.717, 1.165) is 16.8 Å². The van der Waals surface area contributed by atoms with Gasteiger partial charge in [-0.25, -0.2) is 4.79 Å². The van der Waals surface area contributed by atoms with Crippen LogP contribution in [0.5, 0.6) is 0 Å². The second-order valence-corrected chi connectivity index (χ2v) is 5.25. The summed E-state index contributed by atoms with van der Waals surface area (Å²) in [7, 11) is 0. The zero-order chi connectivity index (χ0) is 18.7. The lowest BCUT2D eigenvalue weighted by Gasteiger charge is -2.03. The number of aliphatic carboxylic acids is 1. The highest BCUT2D eigenvalue weighted by Gasteiger charge is 2.04. The largest absolute Gasteiger partial charge is 0.477 e. The molecule has 0 aliphatic carbocycles. The Bertz CT molecular complexity index is 806. The van der Waals surface area contributed by atoms with Crippen molar-refractivity contribution in [2.75, 3.05) is 5.43 Å². The first kappa shape index (κ1) is 19.7. The molecule has 0 aliphatic rings. The molecule has 5 heteroatoms. The van der Waals surface area contributed by atoms with Gasteiger partial charge in [0.15, 0.2) is 0 Å². The molecular formula is C20H21N3O2. The quantitative estimate of drug-likeness (QED) is 0.230. The second-order valence-electron chi connectivity index (χ2n) is 5.25. The van der Waals surface area contributed by atoms with Crippen molar-refractivity contribution in [3.8, 4) is 6.07 Å². The Morgan fingerprint density at radius 3 is 2.44 bits per heavy atom. The standard InChI is InChI=1S/C20H21N3O2/c1-15(11-12-17-9-5-6-10-19(17)23-22)7-3-4-8-16(2)13-18(14-21)20(24)25/h3-13,23H,22H2,1-2H3,(H,24,25). The Hall–Kier alpha value is -3.36. The van der Waals surface area contributed by atoms with Gasteiger partial charge in [-0.1, -0.05) is 60.2 Å². The van der Waals surface area contributed by atoms with Crippen molar-refractivity contribution in [2.24, 2.45) is 5.84 Å². The van der Waals surface area contributed by atoms with Crippen molar-refractivity contribution < 1.29 is 9.90 Å². The lowest BCUT2D eigenvalue weighted by molar-refractivity contribution is -0.132. The number of para-hydroxylation sites is 1. The molecule has 0 unspecified atom stereocenters. The van der Waals surface area contributed by atoms with Crippen LogP contribution < -0.4 is 11.3 Å². The number of benzene rings is 1. The summed E-state index contributed by atoms with van der Waals surface area (Å²) in [4.78, 5) is 10.8. The first-order valence-electron chi connectivity index (χ1n) is 7.58. The number of carbonyl (C=O) groups is 1. The van der Waals surface area contributed by atoms with Gasteiger partial charge < -0.3 is 10.5 Å². The Morgan fingerprint density at radius 1 is 1.20 bits per heavy atom. The van der Waals surface area contributed by atoms with Crippen LogP contribution in [0.1, 0.15) is 19.4 Å². The fourth-order valence-electron chi connectivity index (χ4n) is 1.88. The van der Waals surface area contributed by atoms with Crippen LogP contribution in [0.3, 0.4) is 0 Å². The van der Waals surface area contributed by atoms with Crippen molar-refractivity contribution in [2.45, 2.75) is 13.8 Å². The SMILES string of the molecule is CC(C=Cc1ccccc1NN)=CC=CC=C(C)C=C(C#N)C(=O)O. The Morgan fingerprint density at radius 2 is 1.84 bits per heavy atom. The maximum absolute atomic E-state index is 10.8. The predicted octanol–water partition coefficient (Wildman–Crippen LogP) is 3.97. The first-order chi connectivity index (χ1) is 12.0. The molecule has 0 atom stereocenters. The third kappa shape index (κ3) is 7.16. The van der Waals surface area contributed by atoms with Gasteiger partial charge in [0.2, 0.25) is 0 Å². The minimum absolute atomic E-state index is 0.288. The van der Waals surface area contributed by atoms with Gasteiger partial charge in [-0.3, -0.25) is 5.84 Å². The molecule has 1 rings (SSSR count). The summed E-state index contributed by atoms with van der Waals surface area (Å²) in [6.45, 7) is 3.70. The number of hydrazine groups is 1. The van der Waals surface area contributed by atoms with E-state index in [9.17, 15) is 4.79 Å². The summed E-state index contributed by atoms with van der Waals surface area (Å²) in [5.74, 6) is 4.24. The maximum atomic E-state index is 10.8. The Labute approximate surface area is 147 Å². The molecule has 0 bridgehead atoms. The van der Waals surface area contributed by atoms with Gasteiger partial charge >= 0.3 is 5.97 Å². The van der Waals surface area contributed by atoms with Gasteiger partial charge in [-0.2, -0.15) is 5.26 Å². The normalized spacial score (nSPS) is 13.3. The van der Waals surface area contributed by atoms with Gasteiger partial charge in [0.1, 0.15) is 11.6 Å². The molecule has 0 saturated heterocycles. The fraction of sp³-hybridized carbons (Fsp3) is 0.100. The Balaban J connectivity index is 2.76. The molecular weight excluding hydrogens is 314 g/mol. The number of anilines is 1. The highest BCUT2D eigenvalue weighted by atomic mass is 16.4. The zero-order valence-corrected chi connectivity index (χ0v) is 14.2. The van der Waals surface area contributed by atoms with E-state index in [0.29, 0.717) is 5.57 Å². The minimum Gasteiger partial charge on any atom is -0.477 e. The third-order valence-corrected chi connectivity index (χ3v) is 3.19. The van der Waals surface area contributed by atoms with E-state index in [1.54, 1.807) is 25.1 Å². The molecule has 0 aromatic heterocycles. The Kier molecular flexibility index (Phi) is 8.21. The molecule has 4 N–H and O–H groups in total. The molecule has 0 spiro atoms. The van der Waals surface area contributed by atoms with Crippen molar-refractivity contribution in [3.05, 3.63) is 83.0 Å². The van der Waals surface area contributed by atoms with E-state index in [-0.39, 0.29) is 5.57 Å². The monoisotopic (exact) mass is 335 g/mol. The van der Waals surface area contributed by atoms with Gasteiger partial charge in [-0.15, -0.1) is 0 Å². The number of hydrogen-bond acceptors (Lipinski definition) is 4. The van der Waals surface area contributed by atoms with Crippen LogP contribution in [0, 0.1) is 11.3 Å². The molecule has 128 valence electrons. The number of nitriles is 1. The number of carboxylic acid groups (broad SMARTS) is 1. The number of rotatable bonds is 7. The molecule has 25 heavy (non-hydrogen) atoms. The van der Waals surface area contributed by atoms with Crippen molar-refractivity contribution in [1.82, 2.24) is 0 Å². The molecule has 0 amide bonds. The molecule has 0 radical (unpaired) electrons. The third-order valence-electron chi connectivity index (χ3n) is 3.19.